The van der Waals surface area contributed by atoms with Crippen molar-refractivity contribution in [1.82, 2.24) is 0 Å². The molecular weight excluding hydrogens is 235 g/mol. The topological polar surface area (TPSA) is 20.2 Å². The first kappa shape index (κ1) is 11.5. The quantitative estimate of drug-likeness (QED) is 0.631. The monoisotopic (exact) mass is 248 g/mol. The third-order valence-electron chi connectivity index (χ3n) is 2.36. The number of thiol groups is 1. The van der Waals surface area contributed by atoms with Crippen LogP contribution in [0.2, 0.25) is 0 Å². The lowest BCUT2D eigenvalue weighted by atomic mass is 10.2. The highest BCUT2D eigenvalue weighted by atomic mass is 32.1. The number of hydrogen-bond donors (Lipinski definition) is 2. The van der Waals surface area contributed by atoms with E-state index in [4.69, 9.17) is 0 Å². The number of para-hydroxylation sites is 1. The second kappa shape index (κ2) is 5.38. The van der Waals surface area contributed by atoms with Crippen LogP contribution in [0.5, 0.6) is 5.75 Å². The van der Waals surface area contributed by atoms with Gasteiger partial charge in [0.25, 0.3) is 0 Å². The Hall–Kier alpha value is -0.980. The van der Waals surface area contributed by atoms with Crippen LogP contribution in [-0.4, -0.2) is 5.11 Å². The summed E-state index contributed by atoms with van der Waals surface area (Å²) in [6, 6.07) is 15.7. The highest BCUT2D eigenvalue weighted by molar-refractivity contribution is 7.79. The SMILES string of the molecule is Oc1ccccc1Pc1ccccc1CS. The van der Waals surface area contributed by atoms with E-state index in [2.05, 4.69) is 24.8 Å². The average molecular weight is 248 g/mol. The van der Waals surface area contributed by atoms with Crippen LogP contribution >= 0.6 is 21.2 Å². The molecule has 2 aromatic rings. The summed E-state index contributed by atoms with van der Waals surface area (Å²) >= 11 is 4.31. The Balaban J connectivity index is 2.30. The van der Waals surface area contributed by atoms with Crippen LogP contribution in [0, 0.1) is 0 Å². The summed E-state index contributed by atoms with van der Waals surface area (Å²) in [7, 11) is 0.482. The zero-order chi connectivity index (χ0) is 11.4. The number of phenols is 1. The van der Waals surface area contributed by atoms with Crippen LogP contribution in [-0.2, 0) is 5.75 Å². The van der Waals surface area contributed by atoms with Gasteiger partial charge in [0.15, 0.2) is 0 Å². The van der Waals surface area contributed by atoms with Crippen molar-refractivity contribution >= 4 is 31.8 Å². The van der Waals surface area contributed by atoms with E-state index in [-0.39, 0.29) is 0 Å². The molecule has 0 saturated carbocycles. The molecule has 0 radical (unpaired) electrons. The maximum absolute atomic E-state index is 9.72. The van der Waals surface area contributed by atoms with Gasteiger partial charge in [-0.1, -0.05) is 51.0 Å². The fourth-order valence-corrected chi connectivity index (χ4v) is 3.12. The van der Waals surface area contributed by atoms with Crippen molar-refractivity contribution in [3.8, 4) is 5.75 Å². The summed E-state index contributed by atoms with van der Waals surface area (Å²) in [6.45, 7) is 0. The van der Waals surface area contributed by atoms with Gasteiger partial charge in [0.2, 0.25) is 0 Å². The lowest BCUT2D eigenvalue weighted by molar-refractivity contribution is 0.480. The van der Waals surface area contributed by atoms with E-state index >= 15 is 0 Å². The van der Waals surface area contributed by atoms with Gasteiger partial charge in [-0.25, -0.2) is 0 Å². The zero-order valence-corrected chi connectivity index (χ0v) is 10.6. The minimum atomic E-state index is 0.370. The summed E-state index contributed by atoms with van der Waals surface area (Å²) in [5.41, 5.74) is 1.23. The first-order valence-corrected chi connectivity index (χ1v) is 6.68. The second-order valence-electron chi connectivity index (χ2n) is 3.46. The molecule has 1 nitrogen and oxygen atoms in total. The van der Waals surface area contributed by atoms with Gasteiger partial charge in [-0.15, -0.1) is 0 Å². The lowest BCUT2D eigenvalue weighted by Gasteiger charge is -2.08. The number of benzene rings is 2. The molecule has 0 aromatic heterocycles. The summed E-state index contributed by atoms with van der Waals surface area (Å²) in [5, 5.41) is 12.0. The molecule has 0 amide bonds. The molecule has 0 heterocycles. The fraction of sp³-hybridized carbons (Fsp3) is 0.0769. The van der Waals surface area contributed by atoms with Crippen molar-refractivity contribution in [2.75, 3.05) is 0 Å². The Morgan fingerprint density at radius 2 is 1.56 bits per heavy atom. The van der Waals surface area contributed by atoms with E-state index < -0.39 is 0 Å². The molecule has 1 N–H and O–H groups in total. The van der Waals surface area contributed by atoms with Crippen molar-refractivity contribution < 1.29 is 5.11 Å². The molecule has 1 atom stereocenters. The van der Waals surface area contributed by atoms with Gasteiger partial charge in [0.05, 0.1) is 0 Å². The molecule has 82 valence electrons. The van der Waals surface area contributed by atoms with E-state index in [1.165, 1.54) is 10.9 Å². The van der Waals surface area contributed by atoms with E-state index in [0.717, 1.165) is 11.1 Å². The maximum Gasteiger partial charge on any atom is 0.123 e. The highest BCUT2D eigenvalue weighted by Gasteiger charge is 2.04. The number of aromatic hydroxyl groups is 1. The van der Waals surface area contributed by atoms with Crippen LogP contribution in [0.3, 0.4) is 0 Å². The largest absolute Gasteiger partial charge is 0.507 e. The standard InChI is InChI=1S/C13H13OPS/c14-11-6-2-4-8-13(11)15-12-7-3-1-5-10(12)9-16/h1-8,14-16H,9H2. The number of phenolic OH excluding ortho intramolecular Hbond substituents is 1. The Kier molecular flexibility index (Phi) is 3.87. The van der Waals surface area contributed by atoms with E-state index in [1.807, 2.05) is 30.3 Å². The molecule has 0 saturated heterocycles. The summed E-state index contributed by atoms with van der Waals surface area (Å²) in [6.07, 6.45) is 0. The molecule has 0 aliphatic carbocycles. The van der Waals surface area contributed by atoms with Gasteiger partial charge in [-0.3, -0.25) is 0 Å². The first-order chi connectivity index (χ1) is 7.81. The van der Waals surface area contributed by atoms with Crippen LogP contribution < -0.4 is 10.6 Å². The van der Waals surface area contributed by atoms with Gasteiger partial charge in [0.1, 0.15) is 5.75 Å². The molecule has 0 aliphatic heterocycles. The van der Waals surface area contributed by atoms with Crippen molar-refractivity contribution in [3.05, 3.63) is 54.1 Å². The normalized spacial score (nSPS) is 11.1. The van der Waals surface area contributed by atoms with Gasteiger partial charge < -0.3 is 5.11 Å². The molecule has 2 rings (SSSR count). The molecular formula is C13H13OPS. The Bertz CT molecular complexity index is 485. The molecule has 1 unspecified atom stereocenters. The van der Waals surface area contributed by atoms with Gasteiger partial charge in [-0.2, -0.15) is 12.6 Å². The summed E-state index contributed by atoms with van der Waals surface area (Å²) < 4.78 is 0. The van der Waals surface area contributed by atoms with Gasteiger partial charge >= 0.3 is 0 Å². The van der Waals surface area contributed by atoms with Gasteiger partial charge in [0, 0.05) is 11.1 Å². The van der Waals surface area contributed by atoms with Crippen molar-refractivity contribution in [2.45, 2.75) is 5.75 Å². The molecule has 3 heteroatoms. The molecule has 0 fully saturated rings. The predicted molar refractivity (Wildman–Crippen MR) is 74.8 cm³/mol. The number of rotatable bonds is 3. The molecule has 0 spiro atoms. The Morgan fingerprint density at radius 1 is 0.938 bits per heavy atom. The van der Waals surface area contributed by atoms with Gasteiger partial charge in [-0.05, 0) is 16.9 Å². The van der Waals surface area contributed by atoms with Crippen molar-refractivity contribution in [1.29, 1.82) is 0 Å². The van der Waals surface area contributed by atoms with Crippen LogP contribution in [0.25, 0.3) is 0 Å². The minimum absolute atomic E-state index is 0.370. The van der Waals surface area contributed by atoms with Crippen LogP contribution in [0.15, 0.2) is 48.5 Å². The Morgan fingerprint density at radius 3 is 2.25 bits per heavy atom. The zero-order valence-electron chi connectivity index (χ0n) is 8.72. The fourth-order valence-electron chi connectivity index (χ4n) is 1.50. The molecule has 0 bridgehead atoms. The highest BCUT2D eigenvalue weighted by Crippen LogP contribution is 2.20. The predicted octanol–water partition coefficient (Wildman–Crippen LogP) is 2.45. The van der Waals surface area contributed by atoms with E-state index in [0.29, 0.717) is 14.3 Å². The summed E-state index contributed by atoms with van der Waals surface area (Å²) in [5.74, 6) is 1.10. The minimum Gasteiger partial charge on any atom is -0.507 e. The average Bonchev–Trinajstić information content (AvgIpc) is 2.33. The van der Waals surface area contributed by atoms with Crippen molar-refractivity contribution in [3.63, 3.8) is 0 Å². The van der Waals surface area contributed by atoms with Crippen LogP contribution in [0.1, 0.15) is 5.56 Å². The second-order valence-corrected chi connectivity index (χ2v) is 5.10. The maximum atomic E-state index is 9.72. The van der Waals surface area contributed by atoms with Crippen molar-refractivity contribution in [2.24, 2.45) is 0 Å². The first-order valence-electron chi connectivity index (χ1n) is 5.05. The molecule has 2 aromatic carbocycles. The van der Waals surface area contributed by atoms with E-state index in [1.54, 1.807) is 6.07 Å². The molecule has 16 heavy (non-hydrogen) atoms. The third kappa shape index (κ3) is 2.58. The smallest absolute Gasteiger partial charge is 0.123 e. The number of hydrogen-bond acceptors (Lipinski definition) is 2. The van der Waals surface area contributed by atoms with Crippen LogP contribution in [0.4, 0.5) is 0 Å². The lowest BCUT2D eigenvalue weighted by Crippen LogP contribution is -2.07. The molecule has 0 aliphatic rings. The van der Waals surface area contributed by atoms with E-state index in [9.17, 15) is 5.11 Å². The Labute approximate surface area is 103 Å². The third-order valence-corrected chi connectivity index (χ3v) is 4.15. The summed E-state index contributed by atoms with van der Waals surface area (Å²) in [4.78, 5) is 0.